The Hall–Kier alpha value is -1.34. The number of nitrogens with two attached hydrogens (primary N) is 1. The van der Waals surface area contributed by atoms with Crippen LogP contribution in [0.25, 0.3) is 0 Å². The van der Waals surface area contributed by atoms with Crippen molar-refractivity contribution in [3.63, 3.8) is 0 Å². The van der Waals surface area contributed by atoms with E-state index in [1.807, 2.05) is 0 Å². The molecule has 0 radical (unpaired) electrons. The molecule has 5 nitrogen and oxygen atoms in total. The van der Waals surface area contributed by atoms with Crippen LogP contribution in [-0.2, 0) is 0 Å². The zero-order valence-electron chi connectivity index (χ0n) is 10.9. The third-order valence-corrected chi connectivity index (χ3v) is 4.42. The second-order valence-electron chi connectivity index (χ2n) is 4.20. The summed E-state index contributed by atoms with van der Waals surface area (Å²) < 4.78 is 0.654. The quantitative estimate of drug-likeness (QED) is 0.421. The molecular weight excluding hydrogens is 379 g/mol. The van der Waals surface area contributed by atoms with Crippen LogP contribution < -0.4 is 16.6 Å². The van der Waals surface area contributed by atoms with Crippen molar-refractivity contribution in [2.45, 2.75) is 6.92 Å². The van der Waals surface area contributed by atoms with Crippen LogP contribution in [0.4, 0.5) is 11.5 Å². The Morgan fingerprint density at radius 1 is 1.29 bits per heavy atom. The normalized spacial score (nSPS) is 10.3. The smallest absolute Gasteiger partial charge is 0.255 e. The predicted octanol–water partition coefficient (Wildman–Crippen LogP) is 4.00. The van der Waals surface area contributed by atoms with E-state index in [2.05, 4.69) is 31.7 Å². The van der Waals surface area contributed by atoms with Crippen molar-refractivity contribution in [2.24, 2.45) is 5.84 Å². The predicted molar refractivity (Wildman–Crippen MR) is 88.9 cm³/mol. The number of nitrogens with zero attached hydrogens (tertiary/aromatic N) is 1. The molecule has 1 heterocycles. The number of hydrogen-bond acceptors (Lipinski definition) is 4. The molecule has 0 saturated carbocycles. The van der Waals surface area contributed by atoms with E-state index in [1.165, 1.54) is 6.07 Å². The van der Waals surface area contributed by atoms with E-state index in [0.717, 1.165) is 0 Å². The van der Waals surface area contributed by atoms with Gasteiger partial charge in [0.15, 0.2) is 0 Å². The molecule has 110 valence electrons. The Morgan fingerprint density at radius 3 is 2.67 bits per heavy atom. The molecular formula is C13H11BrCl2N4O. The van der Waals surface area contributed by atoms with Gasteiger partial charge in [-0.1, -0.05) is 23.2 Å². The fourth-order valence-corrected chi connectivity index (χ4v) is 2.51. The Bertz CT molecular complexity index is 709. The summed E-state index contributed by atoms with van der Waals surface area (Å²) in [7, 11) is 0. The lowest BCUT2D eigenvalue weighted by Gasteiger charge is -2.10. The van der Waals surface area contributed by atoms with Gasteiger partial charge >= 0.3 is 0 Å². The summed E-state index contributed by atoms with van der Waals surface area (Å²) in [6.07, 6.45) is 0. The van der Waals surface area contributed by atoms with Crippen LogP contribution in [-0.4, -0.2) is 10.9 Å². The maximum Gasteiger partial charge on any atom is 0.255 e. The van der Waals surface area contributed by atoms with Crippen LogP contribution in [0.1, 0.15) is 16.1 Å². The molecule has 1 amide bonds. The number of amides is 1. The van der Waals surface area contributed by atoms with Gasteiger partial charge in [-0.3, -0.25) is 4.79 Å². The molecule has 0 bridgehead atoms. The molecule has 0 aliphatic heterocycles. The number of pyridine rings is 1. The molecule has 0 aliphatic carbocycles. The summed E-state index contributed by atoms with van der Waals surface area (Å²) in [4.78, 5) is 16.4. The molecule has 4 N–H and O–H groups in total. The largest absolute Gasteiger partial charge is 0.321 e. The summed E-state index contributed by atoms with van der Waals surface area (Å²) in [5.41, 5.74) is 3.90. The number of aromatic nitrogens is 1. The van der Waals surface area contributed by atoms with E-state index in [-0.39, 0.29) is 10.9 Å². The average molecular weight is 390 g/mol. The second kappa shape index (κ2) is 6.62. The fourth-order valence-electron chi connectivity index (χ4n) is 1.69. The van der Waals surface area contributed by atoms with E-state index in [0.29, 0.717) is 32.3 Å². The maximum absolute atomic E-state index is 12.3. The fraction of sp³-hybridized carbons (Fsp3) is 0.0769. The van der Waals surface area contributed by atoms with Gasteiger partial charge in [0.2, 0.25) is 0 Å². The van der Waals surface area contributed by atoms with Gasteiger partial charge in [-0.05, 0) is 47.1 Å². The summed E-state index contributed by atoms with van der Waals surface area (Å²) in [5.74, 6) is 5.38. The number of carbonyl (C=O) groups excluding carboxylic acids is 1. The number of nitrogens with one attached hydrogen (secondary N) is 2. The lowest BCUT2D eigenvalue weighted by molar-refractivity contribution is 0.102. The lowest BCUT2D eigenvalue weighted by Crippen LogP contribution is -2.15. The molecule has 0 spiro atoms. The molecule has 0 aliphatic rings. The van der Waals surface area contributed by atoms with Crippen LogP contribution in [0.2, 0.25) is 10.0 Å². The van der Waals surface area contributed by atoms with Gasteiger partial charge in [-0.15, -0.1) is 0 Å². The van der Waals surface area contributed by atoms with Crippen LogP contribution in [0, 0.1) is 6.92 Å². The number of benzene rings is 1. The van der Waals surface area contributed by atoms with Gasteiger partial charge in [0.25, 0.3) is 5.91 Å². The zero-order valence-corrected chi connectivity index (χ0v) is 14.0. The Balaban J connectivity index is 2.30. The molecule has 0 saturated heterocycles. The van der Waals surface area contributed by atoms with Crippen molar-refractivity contribution in [2.75, 3.05) is 10.7 Å². The second-order valence-corrected chi connectivity index (χ2v) is 5.81. The number of hydrogen-bond donors (Lipinski definition) is 3. The minimum absolute atomic E-state index is 0.266. The first kappa shape index (κ1) is 16.0. The van der Waals surface area contributed by atoms with Crippen LogP contribution in [0.15, 0.2) is 28.7 Å². The summed E-state index contributed by atoms with van der Waals surface area (Å²) in [6, 6.07) is 6.54. The minimum Gasteiger partial charge on any atom is -0.321 e. The summed E-state index contributed by atoms with van der Waals surface area (Å²) >= 11 is 15.4. The number of nitrogen functional groups attached to an aromatic ring is 1. The molecule has 1 aromatic heterocycles. The van der Waals surface area contributed by atoms with E-state index in [1.54, 1.807) is 25.1 Å². The van der Waals surface area contributed by atoms with Crippen molar-refractivity contribution in [1.82, 2.24) is 4.98 Å². The van der Waals surface area contributed by atoms with Crippen molar-refractivity contribution in [1.29, 1.82) is 0 Å². The molecule has 2 aromatic rings. The van der Waals surface area contributed by atoms with E-state index < -0.39 is 0 Å². The van der Waals surface area contributed by atoms with Crippen molar-refractivity contribution in [3.8, 4) is 0 Å². The minimum atomic E-state index is -0.336. The molecule has 2 rings (SSSR count). The van der Waals surface area contributed by atoms with E-state index in [4.69, 9.17) is 29.0 Å². The van der Waals surface area contributed by atoms with Crippen molar-refractivity contribution in [3.05, 3.63) is 50.0 Å². The number of carbonyl (C=O) groups is 1. The molecule has 0 atom stereocenters. The van der Waals surface area contributed by atoms with Gasteiger partial charge in [-0.2, -0.15) is 0 Å². The summed E-state index contributed by atoms with van der Waals surface area (Å²) in [5, 5.41) is 3.30. The van der Waals surface area contributed by atoms with Gasteiger partial charge in [0.1, 0.15) is 5.82 Å². The molecule has 0 fully saturated rings. The zero-order chi connectivity index (χ0) is 15.6. The number of aryl methyl sites for hydroxylation is 1. The molecule has 21 heavy (non-hydrogen) atoms. The average Bonchev–Trinajstić information content (AvgIpc) is 2.47. The van der Waals surface area contributed by atoms with E-state index >= 15 is 0 Å². The Kier molecular flexibility index (Phi) is 5.05. The van der Waals surface area contributed by atoms with Crippen molar-refractivity contribution < 1.29 is 4.79 Å². The van der Waals surface area contributed by atoms with Gasteiger partial charge in [0.05, 0.1) is 15.7 Å². The maximum atomic E-state index is 12.3. The van der Waals surface area contributed by atoms with Crippen molar-refractivity contribution >= 4 is 56.5 Å². The Labute approximate surface area is 139 Å². The number of rotatable bonds is 3. The van der Waals surface area contributed by atoms with Gasteiger partial charge in [0, 0.05) is 15.7 Å². The monoisotopic (exact) mass is 388 g/mol. The topological polar surface area (TPSA) is 80.0 Å². The Morgan fingerprint density at radius 2 is 2.00 bits per heavy atom. The highest BCUT2D eigenvalue weighted by atomic mass is 79.9. The summed E-state index contributed by atoms with van der Waals surface area (Å²) in [6.45, 7) is 1.76. The number of anilines is 2. The highest BCUT2D eigenvalue weighted by molar-refractivity contribution is 9.10. The molecule has 1 aromatic carbocycles. The first-order chi connectivity index (χ1) is 9.92. The first-order valence-corrected chi connectivity index (χ1v) is 7.37. The third-order valence-electron chi connectivity index (χ3n) is 2.65. The van der Waals surface area contributed by atoms with Crippen LogP contribution >= 0.6 is 39.1 Å². The number of halogens is 3. The highest BCUT2D eigenvalue weighted by Crippen LogP contribution is 2.36. The first-order valence-electron chi connectivity index (χ1n) is 5.82. The SMILES string of the molecule is Cc1cc(C(=O)Nc2ccc(Br)c(Cl)c2Cl)cc(NN)n1. The van der Waals surface area contributed by atoms with Gasteiger partial charge in [-0.25, -0.2) is 10.8 Å². The van der Waals surface area contributed by atoms with Crippen LogP contribution in [0.5, 0.6) is 0 Å². The highest BCUT2D eigenvalue weighted by Gasteiger charge is 2.13. The molecule has 8 heteroatoms. The van der Waals surface area contributed by atoms with Crippen LogP contribution in [0.3, 0.4) is 0 Å². The lowest BCUT2D eigenvalue weighted by atomic mass is 10.2. The number of hydrazine groups is 1. The standard InChI is InChI=1S/C13H11BrCl2N4O/c1-6-4-7(5-10(18-6)20-17)13(21)19-9-3-2-8(14)11(15)12(9)16/h2-5H,17H2,1H3,(H,18,20)(H,19,21). The van der Waals surface area contributed by atoms with Gasteiger partial charge < -0.3 is 10.7 Å². The molecule has 0 unspecified atom stereocenters. The third kappa shape index (κ3) is 3.65. The van der Waals surface area contributed by atoms with E-state index in [9.17, 15) is 4.79 Å².